The van der Waals surface area contributed by atoms with E-state index >= 15 is 0 Å². The smallest absolute Gasteiger partial charge is 0.298 e. The number of hydrogen-bond donors (Lipinski definition) is 1. The first-order valence-electron chi connectivity index (χ1n) is 5.95. The second-order valence-corrected chi connectivity index (χ2v) is 7.39. The largest absolute Gasteiger partial charge is 0.342 e. The van der Waals surface area contributed by atoms with Gasteiger partial charge in [-0.1, -0.05) is 49.7 Å². The molecule has 5 nitrogen and oxygen atoms in total. The lowest BCUT2D eigenvalue weighted by Gasteiger charge is -2.12. The highest BCUT2D eigenvalue weighted by Gasteiger charge is 2.25. The van der Waals surface area contributed by atoms with Crippen molar-refractivity contribution in [3.63, 3.8) is 0 Å². The van der Waals surface area contributed by atoms with Crippen molar-refractivity contribution in [1.82, 2.24) is 5.16 Å². The van der Waals surface area contributed by atoms with Crippen molar-refractivity contribution in [1.29, 1.82) is 0 Å². The average molecular weight is 315 g/mol. The number of benzene rings is 1. The highest BCUT2D eigenvalue weighted by Crippen LogP contribution is 2.27. The summed E-state index contributed by atoms with van der Waals surface area (Å²) < 4.78 is 31.7. The third-order valence-electron chi connectivity index (χ3n) is 2.64. The minimum atomic E-state index is -3.84. The summed E-state index contributed by atoms with van der Waals surface area (Å²) in [5, 5.41) is 3.87. The summed E-state index contributed by atoms with van der Waals surface area (Å²) >= 11 is 5.92. The predicted molar refractivity (Wildman–Crippen MR) is 77.5 cm³/mol. The lowest BCUT2D eigenvalue weighted by Crippen LogP contribution is -2.13. The van der Waals surface area contributed by atoms with Gasteiger partial charge in [0, 0.05) is 11.5 Å². The molecular weight excluding hydrogens is 300 g/mol. The Morgan fingerprint density at radius 3 is 2.45 bits per heavy atom. The molecule has 2 rings (SSSR count). The first-order chi connectivity index (χ1) is 9.20. The SMILES string of the molecule is CC(C)(C)c1cc(S(=O)(=O)Nc2ccccc2Cl)on1. The predicted octanol–water partition coefficient (Wildman–Crippen LogP) is 3.43. The topological polar surface area (TPSA) is 72.2 Å². The Morgan fingerprint density at radius 1 is 1.25 bits per heavy atom. The molecule has 0 saturated carbocycles. The molecule has 20 heavy (non-hydrogen) atoms. The van der Waals surface area contributed by atoms with Crippen molar-refractivity contribution in [3.05, 3.63) is 41.0 Å². The fourth-order valence-electron chi connectivity index (χ4n) is 1.48. The Balaban J connectivity index is 2.32. The van der Waals surface area contributed by atoms with E-state index < -0.39 is 10.0 Å². The van der Waals surface area contributed by atoms with Gasteiger partial charge in [-0.05, 0) is 12.1 Å². The molecule has 1 aromatic heterocycles. The molecule has 0 saturated heterocycles. The van der Waals surface area contributed by atoms with E-state index in [1.807, 2.05) is 20.8 Å². The summed E-state index contributed by atoms with van der Waals surface area (Å²) in [6.07, 6.45) is 0. The fraction of sp³-hybridized carbons (Fsp3) is 0.308. The summed E-state index contributed by atoms with van der Waals surface area (Å²) in [4.78, 5) is 0. The second kappa shape index (κ2) is 5.10. The van der Waals surface area contributed by atoms with E-state index in [0.29, 0.717) is 16.4 Å². The Kier molecular flexibility index (Phi) is 3.80. The molecule has 0 atom stereocenters. The summed E-state index contributed by atoms with van der Waals surface area (Å²) in [5.74, 6) is 0. The monoisotopic (exact) mass is 314 g/mol. The molecule has 0 aliphatic rings. The normalized spacial score (nSPS) is 12.4. The van der Waals surface area contributed by atoms with E-state index in [1.165, 1.54) is 6.07 Å². The highest BCUT2D eigenvalue weighted by molar-refractivity contribution is 7.92. The van der Waals surface area contributed by atoms with Crippen LogP contribution in [-0.2, 0) is 15.4 Å². The highest BCUT2D eigenvalue weighted by atomic mass is 35.5. The third-order valence-corrected chi connectivity index (χ3v) is 4.18. The van der Waals surface area contributed by atoms with Gasteiger partial charge in [0.05, 0.1) is 16.4 Å². The van der Waals surface area contributed by atoms with Gasteiger partial charge in [0.25, 0.3) is 15.1 Å². The van der Waals surface area contributed by atoms with Crippen molar-refractivity contribution >= 4 is 27.3 Å². The van der Waals surface area contributed by atoms with E-state index in [4.69, 9.17) is 16.1 Å². The number of hydrogen-bond acceptors (Lipinski definition) is 4. The number of para-hydroxylation sites is 1. The van der Waals surface area contributed by atoms with Gasteiger partial charge in [-0.15, -0.1) is 0 Å². The Labute approximate surface area is 123 Å². The van der Waals surface area contributed by atoms with Crippen molar-refractivity contribution in [3.8, 4) is 0 Å². The standard InChI is InChI=1S/C13H15ClN2O3S/c1-13(2,3)11-8-12(19-15-11)20(17,18)16-10-7-5-4-6-9(10)14/h4-8,16H,1-3H3. The molecule has 0 unspecified atom stereocenters. The van der Waals surface area contributed by atoms with Crippen molar-refractivity contribution in [2.45, 2.75) is 31.3 Å². The van der Waals surface area contributed by atoms with E-state index in [2.05, 4.69) is 9.88 Å². The molecule has 108 valence electrons. The first-order valence-corrected chi connectivity index (χ1v) is 7.81. The maximum absolute atomic E-state index is 12.2. The van der Waals surface area contributed by atoms with E-state index in [1.54, 1.807) is 24.3 Å². The molecule has 1 aromatic carbocycles. The quantitative estimate of drug-likeness (QED) is 0.942. The molecule has 0 fully saturated rings. The number of anilines is 1. The third kappa shape index (κ3) is 3.13. The number of nitrogens with one attached hydrogen (secondary N) is 1. The summed E-state index contributed by atoms with van der Waals surface area (Å²) in [6, 6.07) is 7.98. The van der Waals surface area contributed by atoms with E-state index in [-0.39, 0.29) is 10.5 Å². The lowest BCUT2D eigenvalue weighted by molar-refractivity contribution is 0.327. The minimum Gasteiger partial charge on any atom is -0.342 e. The van der Waals surface area contributed by atoms with Crippen LogP contribution in [0, 0.1) is 0 Å². The van der Waals surface area contributed by atoms with Crippen LogP contribution in [0.2, 0.25) is 5.02 Å². The number of halogens is 1. The molecule has 7 heteroatoms. The van der Waals surface area contributed by atoms with Crippen LogP contribution < -0.4 is 4.72 Å². The van der Waals surface area contributed by atoms with Crippen LogP contribution in [0.4, 0.5) is 5.69 Å². The van der Waals surface area contributed by atoms with Crippen LogP contribution >= 0.6 is 11.6 Å². The average Bonchev–Trinajstić information content (AvgIpc) is 2.81. The second-order valence-electron chi connectivity index (χ2n) is 5.37. The molecule has 0 aliphatic carbocycles. The van der Waals surface area contributed by atoms with Crippen LogP contribution in [0.5, 0.6) is 0 Å². The van der Waals surface area contributed by atoms with Crippen LogP contribution in [-0.4, -0.2) is 13.6 Å². The van der Waals surface area contributed by atoms with Gasteiger partial charge in [0.2, 0.25) is 0 Å². The Morgan fingerprint density at radius 2 is 1.90 bits per heavy atom. The molecule has 0 amide bonds. The summed E-state index contributed by atoms with van der Waals surface area (Å²) in [5.41, 5.74) is 0.571. The zero-order valence-corrected chi connectivity index (χ0v) is 12.9. The van der Waals surface area contributed by atoms with E-state index in [9.17, 15) is 8.42 Å². The molecule has 0 bridgehead atoms. The van der Waals surface area contributed by atoms with Gasteiger partial charge < -0.3 is 4.52 Å². The van der Waals surface area contributed by atoms with Crippen LogP contribution in [0.3, 0.4) is 0 Å². The Bertz CT molecular complexity index is 717. The zero-order chi connectivity index (χ0) is 15.0. The van der Waals surface area contributed by atoms with Crippen molar-refractivity contribution in [2.24, 2.45) is 0 Å². The van der Waals surface area contributed by atoms with Crippen molar-refractivity contribution in [2.75, 3.05) is 4.72 Å². The number of sulfonamides is 1. The minimum absolute atomic E-state index is 0.234. The lowest BCUT2D eigenvalue weighted by atomic mass is 9.93. The molecule has 2 aromatic rings. The number of rotatable bonds is 3. The maximum Gasteiger partial charge on any atom is 0.298 e. The molecule has 0 radical (unpaired) electrons. The fourth-order valence-corrected chi connectivity index (χ4v) is 2.69. The molecule has 0 aliphatic heterocycles. The number of aromatic nitrogens is 1. The van der Waals surface area contributed by atoms with Gasteiger partial charge in [-0.2, -0.15) is 8.42 Å². The van der Waals surface area contributed by atoms with Crippen molar-refractivity contribution < 1.29 is 12.9 Å². The van der Waals surface area contributed by atoms with Gasteiger partial charge >= 0.3 is 0 Å². The van der Waals surface area contributed by atoms with Gasteiger partial charge in [0.1, 0.15) is 0 Å². The number of nitrogens with zero attached hydrogens (tertiary/aromatic N) is 1. The van der Waals surface area contributed by atoms with Gasteiger partial charge in [-0.25, -0.2) is 0 Å². The first kappa shape index (κ1) is 14.9. The molecule has 1 N–H and O–H groups in total. The molecule has 1 heterocycles. The van der Waals surface area contributed by atoms with Crippen LogP contribution in [0.25, 0.3) is 0 Å². The summed E-state index contributed by atoms with van der Waals surface area (Å²) in [6.45, 7) is 5.76. The van der Waals surface area contributed by atoms with Gasteiger partial charge in [-0.3, -0.25) is 4.72 Å². The van der Waals surface area contributed by atoms with E-state index in [0.717, 1.165) is 0 Å². The van der Waals surface area contributed by atoms with Crippen LogP contribution in [0.15, 0.2) is 39.9 Å². The molecular formula is C13H15ClN2O3S. The Hall–Kier alpha value is -1.53. The summed E-state index contributed by atoms with van der Waals surface area (Å²) in [7, 11) is -3.84. The maximum atomic E-state index is 12.2. The van der Waals surface area contributed by atoms with Crippen LogP contribution in [0.1, 0.15) is 26.5 Å². The molecule has 0 spiro atoms. The van der Waals surface area contributed by atoms with Gasteiger partial charge in [0.15, 0.2) is 0 Å². The zero-order valence-electron chi connectivity index (χ0n) is 11.3.